The molecule has 4 heteroatoms. The summed E-state index contributed by atoms with van der Waals surface area (Å²) in [6.07, 6.45) is 0. The number of rotatable bonds is 5. The van der Waals surface area contributed by atoms with Crippen molar-refractivity contribution in [3.8, 4) is 11.1 Å². The molecule has 0 bridgehead atoms. The predicted octanol–water partition coefficient (Wildman–Crippen LogP) is 4.81. The highest BCUT2D eigenvalue weighted by Crippen LogP contribution is 2.20. The largest absolute Gasteiger partial charge is 0.465 e. The lowest BCUT2D eigenvalue weighted by Crippen LogP contribution is -2.06. The van der Waals surface area contributed by atoms with E-state index < -0.39 is 5.97 Å². The van der Waals surface area contributed by atoms with Crippen LogP contribution in [0.1, 0.15) is 31.8 Å². The first-order chi connectivity index (χ1) is 13.1. The fourth-order valence-corrected chi connectivity index (χ4v) is 2.63. The van der Waals surface area contributed by atoms with Crippen molar-refractivity contribution < 1.29 is 19.1 Å². The minimum absolute atomic E-state index is 0.139. The van der Waals surface area contributed by atoms with Gasteiger partial charge in [-0.15, -0.1) is 0 Å². The number of aryl methyl sites for hydroxylation is 1. The summed E-state index contributed by atoms with van der Waals surface area (Å²) in [6.45, 7) is 2.19. The van der Waals surface area contributed by atoms with Gasteiger partial charge in [-0.25, -0.2) is 9.59 Å². The topological polar surface area (TPSA) is 52.6 Å². The lowest BCUT2D eigenvalue weighted by Gasteiger charge is -2.07. The molecule has 0 aromatic heterocycles. The maximum absolute atomic E-state index is 12.2. The molecule has 0 radical (unpaired) electrons. The highest BCUT2D eigenvalue weighted by atomic mass is 16.5. The molecule has 0 fully saturated rings. The number of methoxy groups -OCH3 is 1. The number of carbonyl (C=O) groups is 2. The summed E-state index contributed by atoms with van der Waals surface area (Å²) in [7, 11) is 1.34. The third-order valence-corrected chi connectivity index (χ3v) is 4.25. The van der Waals surface area contributed by atoms with Crippen LogP contribution in [0.3, 0.4) is 0 Å². The second-order valence-corrected chi connectivity index (χ2v) is 6.21. The Morgan fingerprint density at radius 2 is 1.19 bits per heavy atom. The van der Waals surface area contributed by atoms with Crippen LogP contribution in [0, 0.1) is 6.92 Å². The monoisotopic (exact) mass is 360 g/mol. The van der Waals surface area contributed by atoms with Crippen LogP contribution in [0.25, 0.3) is 11.1 Å². The van der Waals surface area contributed by atoms with Crippen LogP contribution in [-0.4, -0.2) is 19.0 Å². The summed E-state index contributed by atoms with van der Waals surface area (Å²) in [6, 6.07) is 22.3. The van der Waals surface area contributed by atoms with Crippen LogP contribution in [0.5, 0.6) is 0 Å². The third-order valence-electron chi connectivity index (χ3n) is 4.25. The zero-order chi connectivity index (χ0) is 19.2. The molecule has 0 saturated heterocycles. The van der Waals surface area contributed by atoms with Crippen molar-refractivity contribution in [1.29, 1.82) is 0 Å². The van der Waals surface area contributed by atoms with Gasteiger partial charge in [-0.05, 0) is 47.9 Å². The van der Waals surface area contributed by atoms with Gasteiger partial charge in [0.05, 0.1) is 18.2 Å². The second-order valence-electron chi connectivity index (χ2n) is 6.21. The van der Waals surface area contributed by atoms with Gasteiger partial charge in [0.25, 0.3) is 0 Å². The summed E-state index contributed by atoms with van der Waals surface area (Å²) < 4.78 is 10.0. The first-order valence-electron chi connectivity index (χ1n) is 8.58. The van der Waals surface area contributed by atoms with Gasteiger partial charge in [0.15, 0.2) is 0 Å². The molecular formula is C23H20O4. The van der Waals surface area contributed by atoms with E-state index in [0.717, 1.165) is 16.7 Å². The van der Waals surface area contributed by atoms with E-state index in [-0.39, 0.29) is 12.6 Å². The van der Waals surface area contributed by atoms with Gasteiger partial charge in [0.1, 0.15) is 6.61 Å². The third kappa shape index (κ3) is 4.61. The van der Waals surface area contributed by atoms with Crippen molar-refractivity contribution >= 4 is 11.9 Å². The van der Waals surface area contributed by atoms with E-state index in [0.29, 0.717) is 11.1 Å². The van der Waals surface area contributed by atoms with Crippen LogP contribution in [0.2, 0.25) is 0 Å². The molecule has 3 aromatic carbocycles. The number of benzene rings is 3. The van der Waals surface area contributed by atoms with Gasteiger partial charge in [0.2, 0.25) is 0 Å². The second kappa shape index (κ2) is 8.32. The Bertz CT molecular complexity index is 924. The van der Waals surface area contributed by atoms with Crippen LogP contribution in [-0.2, 0) is 16.1 Å². The summed E-state index contributed by atoms with van der Waals surface area (Å²) >= 11 is 0. The van der Waals surface area contributed by atoms with E-state index >= 15 is 0 Å². The Hall–Kier alpha value is -3.40. The minimum Gasteiger partial charge on any atom is -0.465 e. The van der Waals surface area contributed by atoms with E-state index in [1.165, 1.54) is 12.7 Å². The maximum Gasteiger partial charge on any atom is 0.338 e. The zero-order valence-electron chi connectivity index (χ0n) is 15.3. The van der Waals surface area contributed by atoms with Crippen molar-refractivity contribution in [3.63, 3.8) is 0 Å². The van der Waals surface area contributed by atoms with E-state index in [2.05, 4.69) is 29.0 Å². The number of carbonyl (C=O) groups excluding carboxylic acids is 2. The molecule has 0 spiro atoms. The Morgan fingerprint density at radius 1 is 0.704 bits per heavy atom. The molecule has 3 rings (SSSR count). The van der Waals surface area contributed by atoms with Crippen LogP contribution >= 0.6 is 0 Å². The Labute approximate surface area is 158 Å². The molecule has 136 valence electrons. The molecule has 0 aliphatic heterocycles. The summed E-state index contributed by atoms with van der Waals surface area (Å²) in [4.78, 5) is 23.7. The minimum atomic E-state index is -0.396. The molecule has 27 heavy (non-hydrogen) atoms. The standard InChI is InChI=1S/C23H20O4/c1-16-3-7-18(8-4-16)19-11-13-21(14-12-19)23(25)27-15-17-5-9-20(10-6-17)22(24)26-2/h3-14H,15H2,1-2H3. The number of esters is 2. The molecule has 0 N–H and O–H groups in total. The van der Waals surface area contributed by atoms with Crippen molar-refractivity contribution in [2.75, 3.05) is 7.11 Å². The molecule has 0 atom stereocenters. The predicted molar refractivity (Wildman–Crippen MR) is 104 cm³/mol. The molecule has 0 heterocycles. The fourth-order valence-electron chi connectivity index (χ4n) is 2.63. The van der Waals surface area contributed by atoms with Crippen molar-refractivity contribution in [2.45, 2.75) is 13.5 Å². The van der Waals surface area contributed by atoms with Gasteiger partial charge in [0, 0.05) is 0 Å². The van der Waals surface area contributed by atoms with Gasteiger partial charge < -0.3 is 9.47 Å². The van der Waals surface area contributed by atoms with E-state index in [4.69, 9.17) is 4.74 Å². The number of hydrogen-bond acceptors (Lipinski definition) is 4. The van der Waals surface area contributed by atoms with Crippen LogP contribution in [0.15, 0.2) is 72.8 Å². The molecule has 0 amide bonds. The maximum atomic E-state index is 12.2. The normalized spacial score (nSPS) is 10.3. The van der Waals surface area contributed by atoms with Gasteiger partial charge >= 0.3 is 11.9 Å². The lowest BCUT2D eigenvalue weighted by atomic mass is 10.0. The molecule has 0 aliphatic carbocycles. The first kappa shape index (κ1) is 18.4. The molecule has 4 nitrogen and oxygen atoms in total. The van der Waals surface area contributed by atoms with E-state index in [1.54, 1.807) is 36.4 Å². The van der Waals surface area contributed by atoms with Crippen molar-refractivity contribution in [1.82, 2.24) is 0 Å². The summed E-state index contributed by atoms with van der Waals surface area (Å²) in [5.41, 5.74) is 5.11. The number of ether oxygens (including phenoxy) is 2. The SMILES string of the molecule is COC(=O)c1ccc(COC(=O)c2ccc(-c3ccc(C)cc3)cc2)cc1. The van der Waals surface area contributed by atoms with Gasteiger partial charge in [-0.2, -0.15) is 0 Å². The van der Waals surface area contributed by atoms with Crippen molar-refractivity contribution in [3.05, 3.63) is 95.1 Å². The zero-order valence-corrected chi connectivity index (χ0v) is 15.3. The highest BCUT2D eigenvalue weighted by Gasteiger charge is 2.09. The van der Waals surface area contributed by atoms with Gasteiger partial charge in [-0.1, -0.05) is 54.1 Å². The Morgan fingerprint density at radius 3 is 1.74 bits per heavy atom. The Balaban J connectivity index is 1.61. The molecular weight excluding hydrogens is 340 g/mol. The summed E-state index contributed by atoms with van der Waals surface area (Å²) in [5.74, 6) is -0.783. The summed E-state index contributed by atoms with van der Waals surface area (Å²) in [5, 5.41) is 0. The highest BCUT2D eigenvalue weighted by molar-refractivity contribution is 5.90. The average Bonchev–Trinajstić information content (AvgIpc) is 2.72. The Kier molecular flexibility index (Phi) is 5.67. The smallest absolute Gasteiger partial charge is 0.338 e. The van der Waals surface area contributed by atoms with Crippen LogP contribution in [0.4, 0.5) is 0 Å². The molecule has 0 unspecified atom stereocenters. The quantitative estimate of drug-likeness (QED) is 0.613. The van der Waals surface area contributed by atoms with E-state index in [9.17, 15) is 9.59 Å². The first-order valence-corrected chi connectivity index (χ1v) is 8.58. The molecule has 3 aromatic rings. The average molecular weight is 360 g/mol. The molecule has 0 saturated carbocycles. The van der Waals surface area contributed by atoms with Crippen molar-refractivity contribution in [2.24, 2.45) is 0 Å². The van der Waals surface area contributed by atoms with Gasteiger partial charge in [-0.3, -0.25) is 0 Å². The van der Waals surface area contributed by atoms with Crippen LogP contribution < -0.4 is 0 Å². The molecule has 0 aliphatic rings. The number of hydrogen-bond donors (Lipinski definition) is 0. The van der Waals surface area contributed by atoms with E-state index in [1.807, 2.05) is 19.1 Å². The lowest BCUT2D eigenvalue weighted by molar-refractivity contribution is 0.0471. The fraction of sp³-hybridized carbons (Fsp3) is 0.130.